The molecule has 0 bridgehead atoms. The van der Waals surface area contributed by atoms with Crippen molar-refractivity contribution in [3.63, 3.8) is 0 Å². The van der Waals surface area contributed by atoms with Crippen molar-refractivity contribution in [2.75, 3.05) is 38.2 Å². The highest BCUT2D eigenvalue weighted by Gasteiger charge is 2.42. The van der Waals surface area contributed by atoms with Crippen molar-refractivity contribution in [2.24, 2.45) is 5.92 Å². The lowest BCUT2D eigenvalue weighted by molar-refractivity contribution is -0.140. The Morgan fingerprint density at radius 2 is 1.93 bits per heavy atom. The Labute approximate surface area is 169 Å². The molecule has 1 aromatic carbocycles. The third-order valence-corrected chi connectivity index (χ3v) is 5.94. The zero-order chi connectivity index (χ0) is 19.8. The van der Waals surface area contributed by atoms with Gasteiger partial charge in [0.15, 0.2) is 0 Å². The lowest BCUT2D eigenvalue weighted by Gasteiger charge is -2.30. The molecule has 2 aliphatic rings. The van der Waals surface area contributed by atoms with E-state index in [9.17, 15) is 4.79 Å². The first-order chi connectivity index (χ1) is 13.6. The van der Waals surface area contributed by atoms with Gasteiger partial charge in [0.25, 0.3) is 5.91 Å². The van der Waals surface area contributed by atoms with Crippen LogP contribution in [0.4, 0.5) is 5.69 Å². The Morgan fingerprint density at radius 1 is 1.18 bits per heavy atom. The number of ether oxygens (including phenoxy) is 2. The van der Waals surface area contributed by atoms with E-state index in [0.29, 0.717) is 13.2 Å². The monoisotopic (exact) mass is 388 g/mol. The van der Waals surface area contributed by atoms with Gasteiger partial charge in [-0.2, -0.15) is 0 Å². The highest BCUT2D eigenvalue weighted by Crippen LogP contribution is 2.34. The predicted molar refractivity (Wildman–Crippen MR) is 113 cm³/mol. The fraction of sp³-hybridized carbons (Fsp3) is 0.696. The Bertz CT molecular complexity index is 611. The molecule has 0 aromatic heterocycles. The Balaban J connectivity index is 1.46. The van der Waals surface area contributed by atoms with Crippen LogP contribution in [-0.4, -0.2) is 49.3 Å². The van der Waals surface area contributed by atoms with Crippen molar-refractivity contribution in [1.29, 1.82) is 0 Å². The Morgan fingerprint density at radius 3 is 2.61 bits per heavy atom. The number of nitrogens with zero attached hydrogens (tertiary/aromatic N) is 1. The zero-order valence-corrected chi connectivity index (χ0v) is 17.5. The fourth-order valence-corrected chi connectivity index (χ4v) is 4.34. The van der Waals surface area contributed by atoms with E-state index in [2.05, 4.69) is 24.1 Å². The third-order valence-electron chi connectivity index (χ3n) is 5.94. The zero-order valence-electron chi connectivity index (χ0n) is 17.5. The van der Waals surface area contributed by atoms with Crippen LogP contribution in [0, 0.1) is 5.92 Å². The molecule has 1 atom stereocenters. The number of benzene rings is 1. The van der Waals surface area contributed by atoms with Crippen LogP contribution < -0.4 is 10.1 Å². The quantitative estimate of drug-likeness (QED) is 0.678. The second-order valence-electron chi connectivity index (χ2n) is 8.42. The minimum Gasteiger partial charge on any atom is -0.492 e. The summed E-state index contributed by atoms with van der Waals surface area (Å²) in [6.45, 7) is 9.06. The largest absolute Gasteiger partial charge is 0.492 e. The van der Waals surface area contributed by atoms with Crippen molar-refractivity contribution in [3.8, 4) is 5.75 Å². The van der Waals surface area contributed by atoms with Gasteiger partial charge in [0.1, 0.15) is 18.0 Å². The van der Waals surface area contributed by atoms with Gasteiger partial charge < -0.3 is 14.8 Å². The average Bonchev–Trinajstić information content (AvgIpc) is 3.18. The first kappa shape index (κ1) is 21.1. The van der Waals surface area contributed by atoms with Crippen LogP contribution in [0.5, 0.6) is 5.75 Å². The van der Waals surface area contributed by atoms with Crippen LogP contribution in [0.3, 0.4) is 0 Å². The standard InChI is InChI=1S/C23H36N2O3/c1-3-16-28-23(12-4-5-13-23)22(26)24-20-8-10-21(11-9-20)27-17-15-25-14-6-7-19(2)18-25/h8-11,19H,3-7,12-18H2,1-2H3,(H,24,26)/t19-/m0/s1. The Hall–Kier alpha value is -1.59. The topological polar surface area (TPSA) is 50.8 Å². The molecule has 2 fully saturated rings. The molecule has 3 rings (SSSR count). The molecule has 1 N–H and O–H groups in total. The molecule has 1 saturated heterocycles. The summed E-state index contributed by atoms with van der Waals surface area (Å²) in [5, 5.41) is 3.05. The normalized spacial score (nSPS) is 22.1. The van der Waals surface area contributed by atoms with Crippen LogP contribution in [0.25, 0.3) is 0 Å². The molecular weight excluding hydrogens is 352 g/mol. The van der Waals surface area contributed by atoms with Crippen LogP contribution in [0.1, 0.15) is 58.8 Å². The number of hydrogen-bond donors (Lipinski definition) is 1. The Kier molecular flexibility index (Phi) is 7.74. The molecule has 0 spiro atoms. The molecular formula is C23H36N2O3. The van der Waals surface area contributed by atoms with Gasteiger partial charge in [-0.25, -0.2) is 0 Å². The van der Waals surface area contributed by atoms with E-state index in [1.54, 1.807) is 0 Å². The maximum Gasteiger partial charge on any atom is 0.256 e. The van der Waals surface area contributed by atoms with Crippen LogP contribution in [0.2, 0.25) is 0 Å². The van der Waals surface area contributed by atoms with Crippen LogP contribution in [-0.2, 0) is 9.53 Å². The smallest absolute Gasteiger partial charge is 0.256 e. The van der Waals surface area contributed by atoms with E-state index >= 15 is 0 Å². The first-order valence-corrected chi connectivity index (χ1v) is 11.0. The summed E-state index contributed by atoms with van der Waals surface area (Å²) < 4.78 is 11.9. The molecule has 1 amide bonds. The van der Waals surface area contributed by atoms with E-state index in [0.717, 1.165) is 56.0 Å². The van der Waals surface area contributed by atoms with E-state index < -0.39 is 5.60 Å². The van der Waals surface area contributed by atoms with E-state index in [-0.39, 0.29) is 5.91 Å². The van der Waals surface area contributed by atoms with Gasteiger partial charge in [-0.15, -0.1) is 0 Å². The highest BCUT2D eigenvalue weighted by atomic mass is 16.5. The fourth-order valence-electron chi connectivity index (χ4n) is 4.34. The van der Waals surface area contributed by atoms with Gasteiger partial charge in [0.2, 0.25) is 0 Å². The molecule has 1 aliphatic carbocycles. The van der Waals surface area contributed by atoms with Crippen molar-refractivity contribution < 1.29 is 14.3 Å². The van der Waals surface area contributed by atoms with Crippen molar-refractivity contribution in [3.05, 3.63) is 24.3 Å². The number of piperidine rings is 1. The summed E-state index contributed by atoms with van der Waals surface area (Å²) in [5.74, 6) is 1.63. The van der Waals surface area contributed by atoms with E-state index in [4.69, 9.17) is 9.47 Å². The van der Waals surface area contributed by atoms with Gasteiger partial charge in [-0.3, -0.25) is 9.69 Å². The summed E-state index contributed by atoms with van der Waals surface area (Å²) >= 11 is 0. The molecule has 156 valence electrons. The van der Waals surface area contributed by atoms with Crippen LogP contribution >= 0.6 is 0 Å². The minimum absolute atomic E-state index is 0.00802. The average molecular weight is 389 g/mol. The summed E-state index contributed by atoms with van der Waals surface area (Å²) in [5.41, 5.74) is 0.158. The van der Waals surface area contributed by atoms with Crippen molar-refractivity contribution in [1.82, 2.24) is 4.90 Å². The van der Waals surface area contributed by atoms with Gasteiger partial charge in [-0.1, -0.05) is 13.8 Å². The highest BCUT2D eigenvalue weighted by molar-refractivity contribution is 5.97. The second kappa shape index (κ2) is 10.3. The third kappa shape index (κ3) is 5.71. The van der Waals surface area contributed by atoms with Gasteiger partial charge >= 0.3 is 0 Å². The first-order valence-electron chi connectivity index (χ1n) is 11.0. The number of anilines is 1. The maximum absolute atomic E-state index is 12.8. The van der Waals surface area contributed by atoms with Gasteiger partial charge in [0, 0.05) is 25.4 Å². The molecule has 1 aromatic rings. The number of nitrogens with one attached hydrogen (secondary N) is 1. The molecule has 1 heterocycles. The lowest BCUT2D eigenvalue weighted by atomic mass is 10.0. The number of amides is 1. The number of hydrogen-bond acceptors (Lipinski definition) is 4. The predicted octanol–water partition coefficient (Wildman–Crippen LogP) is 4.48. The molecule has 0 unspecified atom stereocenters. The van der Waals surface area contributed by atoms with Crippen molar-refractivity contribution >= 4 is 11.6 Å². The van der Waals surface area contributed by atoms with Crippen molar-refractivity contribution in [2.45, 2.75) is 64.4 Å². The SMILES string of the molecule is CCCOC1(C(=O)Nc2ccc(OCCN3CCC[C@H](C)C3)cc2)CCCC1. The summed E-state index contributed by atoms with van der Waals surface area (Å²) in [4.78, 5) is 15.3. The van der Waals surface area contributed by atoms with Gasteiger partial charge in [0.05, 0.1) is 0 Å². The number of carbonyl (C=O) groups excluding carboxylic acids is 1. The molecule has 28 heavy (non-hydrogen) atoms. The molecule has 0 radical (unpaired) electrons. The minimum atomic E-state index is -0.642. The van der Waals surface area contributed by atoms with E-state index in [1.165, 1.54) is 25.9 Å². The summed E-state index contributed by atoms with van der Waals surface area (Å²) in [6.07, 6.45) is 7.30. The summed E-state index contributed by atoms with van der Waals surface area (Å²) in [7, 11) is 0. The van der Waals surface area contributed by atoms with E-state index in [1.807, 2.05) is 24.3 Å². The molecule has 1 aliphatic heterocycles. The number of rotatable bonds is 9. The van der Waals surface area contributed by atoms with Crippen LogP contribution in [0.15, 0.2) is 24.3 Å². The molecule has 5 nitrogen and oxygen atoms in total. The number of likely N-dealkylation sites (tertiary alicyclic amines) is 1. The number of carbonyl (C=O) groups is 1. The second-order valence-corrected chi connectivity index (χ2v) is 8.42. The summed E-state index contributed by atoms with van der Waals surface area (Å²) in [6, 6.07) is 7.70. The maximum atomic E-state index is 12.8. The lowest BCUT2D eigenvalue weighted by Crippen LogP contribution is -2.43. The van der Waals surface area contributed by atoms with Gasteiger partial charge in [-0.05, 0) is 81.7 Å². The molecule has 1 saturated carbocycles. The molecule has 5 heteroatoms.